The maximum atomic E-state index is 3.80. The maximum Gasteiger partial charge on any atom is 0.0542 e. The van der Waals surface area contributed by atoms with Crippen LogP contribution < -0.4 is 5.32 Å². The monoisotopic (exact) mass is 343 g/mol. The van der Waals surface area contributed by atoms with E-state index in [-0.39, 0.29) is 0 Å². The number of benzene rings is 2. The van der Waals surface area contributed by atoms with Gasteiger partial charge in [0.2, 0.25) is 0 Å². The Labute approximate surface area is 135 Å². The van der Waals surface area contributed by atoms with Crippen LogP contribution >= 0.6 is 15.9 Å². The number of hydrogen-bond donors (Lipinski definition) is 1. The molecule has 3 rings (SSSR count). The Bertz CT molecular complexity index is 614. The van der Waals surface area contributed by atoms with Gasteiger partial charge in [-0.25, -0.2) is 0 Å². The van der Waals surface area contributed by atoms with Gasteiger partial charge in [-0.3, -0.25) is 0 Å². The van der Waals surface area contributed by atoms with Gasteiger partial charge in [0.05, 0.1) is 6.04 Å². The predicted octanol–water partition coefficient (Wildman–Crippen LogP) is 5.88. The first-order chi connectivity index (χ1) is 10.2. The van der Waals surface area contributed by atoms with Crippen molar-refractivity contribution in [2.45, 2.75) is 39.2 Å². The number of anilines is 1. The molecule has 1 unspecified atom stereocenters. The highest BCUT2D eigenvalue weighted by molar-refractivity contribution is 9.10. The Morgan fingerprint density at radius 2 is 1.86 bits per heavy atom. The number of nitrogens with one attached hydrogen (secondary N) is 1. The molecular formula is C19H22BrN. The van der Waals surface area contributed by atoms with E-state index >= 15 is 0 Å². The molecule has 0 bridgehead atoms. The van der Waals surface area contributed by atoms with E-state index in [9.17, 15) is 0 Å². The van der Waals surface area contributed by atoms with Gasteiger partial charge >= 0.3 is 0 Å². The van der Waals surface area contributed by atoms with Crippen molar-refractivity contribution >= 4 is 21.6 Å². The Morgan fingerprint density at radius 3 is 2.48 bits per heavy atom. The topological polar surface area (TPSA) is 12.0 Å². The summed E-state index contributed by atoms with van der Waals surface area (Å²) in [7, 11) is 0. The fourth-order valence-electron chi connectivity index (χ4n) is 2.84. The summed E-state index contributed by atoms with van der Waals surface area (Å²) in [5.74, 6) is 0.779. The first-order valence-corrected chi connectivity index (χ1v) is 8.58. The average molecular weight is 344 g/mol. The standard InChI is InChI=1S/C19H22BrN/c1-3-14-12-17(20)10-11-18(14)21-19(16-8-9-16)15-6-4-13(2)5-7-15/h4-7,10-12,16,19,21H,3,8-9H2,1-2H3. The van der Waals surface area contributed by atoms with Crippen LogP contribution in [0.25, 0.3) is 0 Å². The lowest BCUT2D eigenvalue weighted by Crippen LogP contribution is -2.14. The van der Waals surface area contributed by atoms with Crippen molar-refractivity contribution in [3.8, 4) is 0 Å². The molecular weight excluding hydrogens is 322 g/mol. The van der Waals surface area contributed by atoms with E-state index in [1.54, 1.807) is 0 Å². The minimum atomic E-state index is 0.442. The van der Waals surface area contributed by atoms with Crippen molar-refractivity contribution in [2.24, 2.45) is 5.92 Å². The van der Waals surface area contributed by atoms with Crippen molar-refractivity contribution < 1.29 is 0 Å². The summed E-state index contributed by atoms with van der Waals surface area (Å²) in [5, 5.41) is 3.80. The van der Waals surface area contributed by atoms with Crippen LogP contribution in [-0.4, -0.2) is 0 Å². The molecule has 110 valence electrons. The number of rotatable bonds is 5. The second kappa shape index (κ2) is 6.23. The van der Waals surface area contributed by atoms with Crippen LogP contribution in [-0.2, 0) is 6.42 Å². The SMILES string of the molecule is CCc1cc(Br)ccc1NC(c1ccc(C)cc1)C1CC1. The second-order valence-electron chi connectivity index (χ2n) is 6.03. The van der Waals surface area contributed by atoms with Crippen LogP contribution in [0, 0.1) is 12.8 Å². The smallest absolute Gasteiger partial charge is 0.0542 e. The number of hydrogen-bond acceptors (Lipinski definition) is 1. The zero-order valence-corrected chi connectivity index (χ0v) is 14.3. The van der Waals surface area contributed by atoms with E-state index in [0.29, 0.717) is 6.04 Å². The van der Waals surface area contributed by atoms with Gasteiger partial charge in [-0.1, -0.05) is 52.7 Å². The third-order valence-corrected chi connectivity index (χ3v) is 4.78. The molecule has 1 aliphatic rings. The molecule has 1 nitrogen and oxygen atoms in total. The molecule has 2 aromatic carbocycles. The maximum absolute atomic E-state index is 3.80. The molecule has 0 amide bonds. The highest BCUT2D eigenvalue weighted by Gasteiger charge is 2.32. The second-order valence-corrected chi connectivity index (χ2v) is 6.94. The van der Waals surface area contributed by atoms with E-state index < -0.39 is 0 Å². The molecule has 1 aliphatic carbocycles. The van der Waals surface area contributed by atoms with Crippen LogP contribution in [0.15, 0.2) is 46.9 Å². The Kier molecular flexibility index (Phi) is 4.34. The van der Waals surface area contributed by atoms with E-state index in [2.05, 4.69) is 77.6 Å². The molecule has 1 saturated carbocycles. The number of aryl methyl sites for hydroxylation is 2. The fraction of sp³-hybridized carbons (Fsp3) is 0.368. The predicted molar refractivity (Wildman–Crippen MR) is 93.8 cm³/mol. The van der Waals surface area contributed by atoms with E-state index in [1.807, 2.05) is 0 Å². The molecule has 2 aromatic rings. The largest absolute Gasteiger partial charge is 0.378 e. The van der Waals surface area contributed by atoms with Crippen LogP contribution in [0.4, 0.5) is 5.69 Å². The van der Waals surface area contributed by atoms with Crippen LogP contribution in [0.5, 0.6) is 0 Å². The Hall–Kier alpha value is -1.28. The van der Waals surface area contributed by atoms with Crippen molar-refractivity contribution in [1.29, 1.82) is 0 Å². The Morgan fingerprint density at radius 1 is 1.14 bits per heavy atom. The van der Waals surface area contributed by atoms with E-state index in [0.717, 1.165) is 16.8 Å². The van der Waals surface area contributed by atoms with Gasteiger partial charge in [-0.2, -0.15) is 0 Å². The molecule has 0 saturated heterocycles. The molecule has 1 N–H and O–H groups in total. The molecule has 0 spiro atoms. The van der Waals surface area contributed by atoms with Gasteiger partial charge in [0, 0.05) is 10.2 Å². The fourth-order valence-corrected chi connectivity index (χ4v) is 3.25. The van der Waals surface area contributed by atoms with Gasteiger partial charge in [0.15, 0.2) is 0 Å². The van der Waals surface area contributed by atoms with Crippen molar-refractivity contribution in [2.75, 3.05) is 5.32 Å². The summed E-state index contributed by atoms with van der Waals surface area (Å²) in [4.78, 5) is 0. The first kappa shape index (κ1) is 14.6. The lowest BCUT2D eigenvalue weighted by atomic mass is 10.00. The van der Waals surface area contributed by atoms with Crippen LogP contribution in [0.3, 0.4) is 0 Å². The molecule has 21 heavy (non-hydrogen) atoms. The first-order valence-electron chi connectivity index (χ1n) is 7.79. The van der Waals surface area contributed by atoms with Gasteiger partial charge in [-0.15, -0.1) is 0 Å². The lowest BCUT2D eigenvalue weighted by molar-refractivity contribution is 0.677. The molecule has 2 heteroatoms. The summed E-state index contributed by atoms with van der Waals surface area (Å²) < 4.78 is 1.16. The third-order valence-electron chi connectivity index (χ3n) is 4.29. The summed E-state index contributed by atoms with van der Waals surface area (Å²) in [6.45, 7) is 4.36. The van der Waals surface area contributed by atoms with Crippen molar-refractivity contribution in [3.05, 3.63) is 63.6 Å². The molecule has 0 heterocycles. The van der Waals surface area contributed by atoms with Crippen molar-refractivity contribution in [1.82, 2.24) is 0 Å². The normalized spacial score (nSPS) is 15.8. The minimum Gasteiger partial charge on any atom is -0.378 e. The van der Waals surface area contributed by atoms with E-state index in [1.165, 1.54) is 35.2 Å². The molecule has 0 aromatic heterocycles. The van der Waals surface area contributed by atoms with Crippen molar-refractivity contribution in [3.63, 3.8) is 0 Å². The molecule has 1 atom stereocenters. The molecule has 1 fully saturated rings. The highest BCUT2D eigenvalue weighted by atomic mass is 79.9. The highest BCUT2D eigenvalue weighted by Crippen LogP contribution is 2.43. The van der Waals surface area contributed by atoms with Gasteiger partial charge < -0.3 is 5.32 Å². The summed E-state index contributed by atoms with van der Waals surface area (Å²) in [6.07, 6.45) is 3.72. The minimum absolute atomic E-state index is 0.442. The number of halogens is 1. The third kappa shape index (κ3) is 3.49. The summed E-state index contributed by atoms with van der Waals surface area (Å²) in [6, 6.07) is 16.0. The average Bonchev–Trinajstić information content (AvgIpc) is 3.31. The van der Waals surface area contributed by atoms with Crippen LogP contribution in [0.2, 0.25) is 0 Å². The zero-order valence-electron chi connectivity index (χ0n) is 12.7. The molecule has 0 radical (unpaired) electrons. The summed E-state index contributed by atoms with van der Waals surface area (Å²) >= 11 is 3.57. The lowest BCUT2D eigenvalue weighted by Gasteiger charge is -2.22. The van der Waals surface area contributed by atoms with Gasteiger partial charge in [0.1, 0.15) is 0 Å². The quantitative estimate of drug-likeness (QED) is 0.714. The Balaban J connectivity index is 1.87. The summed E-state index contributed by atoms with van der Waals surface area (Å²) in [5.41, 5.74) is 5.39. The zero-order chi connectivity index (χ0) is 14.8. The molecule has 0 aliphatic heterocycles. The van der Waals surface area contributed by atoms with E-state index in [4.69, 9.17) is 0 Å². The van der Waals surface area contributed by atoms with Gasteiger partial charge in [0.25, 0.3) is 0 Å². The van der Waals surface area contributed by atoms with Crippen LogP contribution in [0.1, 0.15) is 42.5 Å². The van der Waals surface area contributed by atoms with Gasteiger partial charge in [-0.05, 0) is 61.4 Å².